The molecule has 0 radical (unpaired) electrons. The molecule has 1 rings (SSSR count). The van der Waals surface area contributed by atoms with Crippen LogP contribution in [-0.4, -0.2) is 41.6 Å². The first-order chi connectivity index (χ1) is 5.70. The monoisotopic (exact) mass is 186 g/mol. The van der Waals surface area contributed by atoms with Crippen molar-refractivity contribution in [1.29, 1.82) is 0 Å². The highest BCUT2D eigenvalue weighted by Crippen LogP contribution is 2.06. The van der Waals surface area contributed by atoms with Crippen LogP contribution >= 0.6 is 11.3 Å². The maximum atomic E-state index is 11.1. The molecule has 66 valence electrons. The van der Waals surface area contributed by atoms with Crippen molar-refractivity contribution in [2.24, 2.45) is 0 Å². The molecule has 0 aliphatic heterocycles. The summed E-state index contributed by atoms with van der Waals surface area (Å²) in [5.41, 5.74) is 1.61. The van der Waals surface area contributed by atoms with Crippen LogP contribution < -0.4 is 5.32 Å². The first-order valence-corrected chi connectivity index (χ1v) is 4.28. The van der Waals surface area contributed by atoms with E-state index in [0.717, 1.165) is 0 Å². The summed E-state index contributed by atoms with van der Waals surface area (Å²) >= 11 is 1.37. The molecule has 0 unspecified atom stereocenters. The third-order valence-corrected chi connectivity index (χ3v) is 1.90. The maximum absolute atomic E-state index is 11.1. The topological polar surface area (TPSA) is 58.1 Å². The Morgan fingerprint density at radius 3 is 3.00 bits per heavy atom. The van der Waals surface area contributed by atoms with Crippen LogP contribution in [0.25, 0.3) is 0 Å². The van der Waals surface area contributed by atoms with Crippen molar-refractivity contribution < 1.29 is 4.79 Å². The van der Waals surface area contributed by atoms with Gasteiger partial charge in [0, 0.05) is 14.1 Å². The van der Waals surface area contributed by atoms with Crippen molar-refractivity contribution >= 4 is 22.4 Å². The molecule has 0 aliphatic carbocycles. The molecule has 1 N–H and O–H groups in total. The Morgan fingerprint density at radius 1 is 1.75 bits per heavy atom. The van der Waals surface area contributed by atoms with Gasteiger partial charge in [0.05, 0.1) is 6.54 Å². The standard InChI is InChI=1S/C6H10N4OS/c1-10(2)5(11)3-7-6-9-8-4-12-6/h4H,3H2,1-2H3,(H,7,9). The van der Waals surface area contributed by atoms with Gasteiger partial charge in [0.25, 0.3) is 0 Å². The molecule has 0 atom stereocenters. The van der Waals surface area contributed by atoms with Gasteiger partial charge in [-0.3, -0.25) is 4.79 Å². The van der Waals surface area contributed by atoms with Crippen LogP contribution in [0.3, 0.4) is 0 Å². The molecule has 1 amide bonds. The van der Waals surface area contributed by atoms with E-state index in [-0.39, 0.29) is 12.5 Å². The number of hydrogen-bond donors (Lipinski definition) is 1. The molecule has 0 spiro atoms. The van der Waals surface area contributed by atoms with Crippen LogP contribution in [-0.2, 0) is 4.79 Å². The van der Waals surface area contributed by atoms with Crippen molar-refractivity contribution in [3.63, 3.8) is 0 Å². The van der Waals surface area contributed by atoms with Crippen LogP contribution in [0.15, 0.2) is 5.51 Å². The molecule has 12 heavy (non-hydrogen) atoms. The van der Waals surface area contributed by atoms with E-state index >= 15 is 0 Å². The number of nitrogens with one attached hydrogen (secondary N) is 1. The predicted octanol–water partition coefficient (Wildman–Crippen LogP) is 0.0382. The fourth-order valence-corrected chi connectivity index (χ4v) is 1.00. The van der Waals surface area contributed by atoms with Gasteiger partial charge >= 0.3 is 0 Å². The van der Waals surface area contributed by atoms with E-state index in [1.54, 1.807) is 19.6 Å². The quantitative estimate of drug-likeness (QED) is 0.724. The molecule has 5 nitrogen and oxygen atoms in total. The molecular weight excluding hydrogens is 176 g/mol. The lowest BCUT2D eigenvalue weighted by molar-refractivity contribution is -0.126. The molecule has 6 heteroatoms. The number of anilines is 1. The van der Waals surface area contributed by atoms with E-state index < -0.39 is 0 Å². The van der Waals surface area contributed by atoms with Gasteiger partial charge in [-0.1, -0.05) is 11.3 Å². The molecule has 1 heterocycles. The number of aromatic nitrogens is 2. The minimum absolute atomic E-state index is 0.0187. The Labute approximate surface area is 74.4 Å². The number of carbonyl (C=O) groups is 1. The van der Waals surface area contributed by atoms with E-state index in [1.807, 2.05) is 0 Å². The Balaban J connectivity index is 2.32. The van der Waals surface area contributed by atoms with Crippen molar-refractivity contribution in [3.05, 3.63) is 5.51 Å². The second kappa shape index (κ2) is 4.01. The average molecular weight is 186 g/mol. The molecule has 0 saturated carbocycles. The van der Waals surface area contributed by atoms with Crippen molar-refractivity contribution in [2.75, 3.05) is 26.0 Å². The van der Waals surface area contributed by atoms with Crippen LogP contribution in [0.1, 0.15) is 0 Å². The summed E-state index contributed by atoms with van der Waals surface area (Å²) in [5, 5.41) is 10.9. The third-order valence-electron chi connectivity index (χ3n) is 1.25. The third kappa shape index (κ3) is 2.46. The van der Waals surface area contributed by atoms with Crippen molar-refractivity contribution in [1.82, 2.24) is 15.1 Å². The minimum atomic E-state index is 0.0187. The van der Waals surface area contributed by atoms with E-state index in [2.05, 4.69) is 15.5 Å². The summed E-state index contributed by atoms with van der Waals surface area (Å²) in [5.74, 6) is 0.0187. The number of carbonyl (C=O) groups excluding carboxylic acids is 1. The lowest BCUT2D eigenvalue weighted by atomic mass is 10.5. The van der Waals surface area contributed by atoms with Gasteiger partial charge in [-0.2, -0.15) is 0 Å². The van der Waals surface area contributed by atoms with E-state index in [9.17, 15) is 4.79 Å². The predicted molar refractivity (Wildman–Crippen MR) is 47.1 cm³/mol. The zero-order valence-corrected chi connectivity index (χ0v) is 7.76. The fourth-order valence-electron chi connectivity index (χ4n) is 0.559. The Morgan fingerprint density at radius 2 is 2.50 bits per heavy atom. The molecule has 0 aromatic carbocycles. The molecule has 1 aromatic rings. The largest absolute Gasteiger partial charge is 0.351 e. The van der Waals surface area contributed by atoms with Gasteiger partial charge < -0.3 is 10.2 Å². The van der Waals surface area contributed by atoms with E-state index in [4.69, 9.17) is 0 Å². The minimum Gasteiger partial charge on any atom is -0.351 e. The highest BCUT2D eigenvalue weighted by atomic mass is 32.1. The first-order valence-electron chi connectivity index (χ1n) is 3.40. The molecule has 1 aromatic heterocycles. The van der Waals surface area contributed by atoms with E-state index in [1.165, 1.54) is 16.2 Å². The Hall–Kier alpha value is -1.17. The number of rotatable bonds is 3. The maximum Gasteiger partial charge on any atom is 0.241 e. The number of nitrogens with zero attached hydrogens (tertiary/aromatic N) is 3. The van der Waals surface area contributed by atoms with Gasteiger partial charge in [0.15, 0.2) is 0 Å². The molecular formula is C6H10N4OS. The molecule has 0 aliphatic rings. The van der Waals surface area contributed by atoms with Crippen LogP contribution in [0.4, 0.5) is 5.13 Å². The highest BCUT2D eigenvalue weighted by Gasteiger charge is 2.03. The van der Waals surface area contributed by atoms with Gasteiger partial charge in [0.1, 0.15) is 5.51 Å². The Kier molecular flexibility index (Phi) is 2.98. The van der Waals surface area contributed by atoms with Gasteiger partial charge in [-0.25, -0.2) is 0 Å². The van der Waals surface area contributed by atoms with E-state index in [0.29, 0.717) is 5.13 Å². The zero-order chi connectivity index (χ0) is 8.97. The number of amides is 1. The summed E-state index contributed by atoms with van der Waals surface area (Å²) < 4.78 is 0. The fraction of sp³-hybridized carbons (Fsp3) is 0.500. The average Bonchev–Trinajstić information content (AvgIpc) is 2.51. The summed E-state index contributed by atoms with van der Waals surface area (Å²) in [6.07, 6.45) is 0. The molecule has 0 fully saturated rings. The highest BCUT2D eigenvalue weighted by molar-refractivity contribution is 7.13. The normalized spacial score (nSPS) is 9.50. The van der Waals surface area contributed by atoms with Gasteiger partial charge in [0.2, 0.25) is 11.0 Å². The summed E-state index contributed by atoms with van der Waals surface area (Å²) in [6, 6.07) is 0. The number of likely N-dealkylation sites (N-methyl/N-ethyl adjacent to an activating group) is 1. The summed E-state index contributed by atoms with van der Waals surface area (Å²) in [6.45, 7) is 0.266. The summed E-state index contributed by atoms with van der Waals surface area (Å²) in [7, 11) is 3.42. The van der Waals surface area contributed by atoms with Crippen LogP contribution in [0.2, 0.25) is 0 Å². The lowest BCUT2D eigenvalue weighted by Crippen LogP contribution is -2.28. The second-order valence-corrected chi connectivity index (χ2v) is 3.22. The first kappa shape index (κ1) is 8.92. The molecule has 0 saturated heterocycles. The van der Waals surface area contributed by atoms with Crippen molar-refractivity contribution in [2.45, 2.75) is 0 Å². The smallest absolute Gasteiger partial charge is 0.241 e. The zero-order valence-electron chi connectivity index (χ0n) is 6.94. The number of hydrogen-bond acceptors (Lipinski definition) is 5. The lowest BCUT2D eigenvalue weighted by Gasteiger charge is -2.09. The second-order valence-electron chi connectivity index (χ2n) is 2.39. The van der Waals surface area contributed by atoms with Crippen LogP contribution in [0, 0.1) is 0 Å². The van der Waals surface area contributed by atoms with Gasteiger partial charge in [-0.05, 0) is 0 Å². The Bertz CT molecular complexity index is 246. The van der Waals surface area contributed by atoms with Gasteiger partial charge in [-0.15, -0.1) is 10.2 Å². The SMILES string of the molecule is CN(C)C(=O)CNc1nncs1. The summed E-state index contributed by atoms with van der Waals surface area (Å²) in [4.78, 5) is 12.6. The van der Waals surface area contributed by atoms with Crippen molar-refractivity contribution in [3.8, 4) is 0 Å². The molecule has 0 bridgehead atoms. The van der Waals surface area contributed by atoms with Crippen LogP contribution in [0.5, 0.6) is 0 Å².